The molecule has 16 heavy (non-hydrogen) atoms. The van der Waals surface area contributed by atoms with Gasteiger partial charge in [0.2, 0.25) is 5.91 Å². The highest BCUT2D eigenvalue weighted by molar-refractivity contribution is 5.78. The number of hydrogen-bond acceptors (Lipinski definition) is 2. The van der Waals surface area contributed by atoms with Crippen LogP contribution in [-0.4, -0.2) is 18.5 Å². The quantitative estimate of drug-likeness (QED) is 0.783. The minimum Gasteiger partial charge on any atom is -0.352 e. The molecule has 1 amide bonds. The lowest BCUT2D eigenvalue weighted by Gasteiger charge is -2.07. The molecule has 3 nitrogen and oxygen atoms in total. The van der Waals surface area contributed by atoms with Crippen molar-refractivity contribution in [3.8, 4) is 0 Å². The molecule has 0 unspecified atom stereocenters. The molecular formula is C13H18N2O. The van der Waals surface area contributed by atoms with Crippen LogP contribution in [-0.2, 0) is 11.3 Å². The second-order valence-corrected chi connectivity index (χ2v) is 4.37. The molecule has 1 aliphatic rings. The van der Waals surface area contributed by atoms with Crippen LogP contribution < -0.4 is 10.6 Å². The summed E-state index contributed by atoms with van der Waals surface area (Å²) in [7, 11) is 0. The molecule has 0 bridgehead atoms. The number of carbonyl (C=O) groups excluding carboxylic acids is 1. The Morgan fingerprint density at radius 1 is 1.38 bits per heavy atom. The fourth-order valence-electron chi connectivity index (χ4n) is 1.63. The number of amides is 1. The molecule has 0 aromatic heterocycles. The zero-order valence-electron chi connectivity index (χ0n) is 9.62. The molecule has 0 heterocycles. The monoisotopic (exact) mass is 218 g/mol. The second-order valence-electron chi connectivity index (χ2n) is 4.37. The third-order valence-electron chi connectivity index (χ3n) is 2.80. The number of benzene rings is 1. The maximum absolute atomic E-state index is 11.4. The van der Waals surface area contributed by atoms with Crippen molar-refractivity contribution in [3.05, 3.63) is 35.4 Å². The van der Waals surface area contributed by atoms with Crippen molar-refractivity contribution in [2.24, 2.45) is 0 Å². The first kappa shape index (κ1) is 11.1. The molecule has 0 spiro atoms. The molecule has 1 aliphatic carbocycles. The standard InChI is InChI=1S/C13H18N2O/c1-10-4-2-3-5-11(10)8-14-9-13(16)15-12-6-7-12/h2-5,12,14H,6-9H2,1H3,(H,15,16). The van der Waals surface area contributed by atoms with E-state index in [1.54, 1.807) is 0 Å². The first-order valence-electron chi connectivity index (χ1n) is 5.80. The predicted molar refractivity (Wildman–Crippen MR) is 64.1 cm³/mol. The summed E-state index contributed by atoms with van der Waals surface area (Å²) in [6, 6.07) is 8.67. The van der Waals surface area contributed by atoms with Crippen molar-refractivity contribution in [2.75, 3.05) is 6.54 Å². The fraction of sp³-hybridized carbons (Fsp3) is 0.462. The van der Waals surface area contributed by atoms with E-state index in [9.17, 15) is 4.79 Å². The van der Waals surface area contributed by atoms with Crippen molar-refractivity contribution < 1.29 is 4.79 Å². The van der Waals surface area contributed by atoms with Gasteiger partial charge < -0.3 is 10.6 Å². The molecule has 0 aliphatic heterocycles. The molecular weight excluding hydrogens is 200 g/mol. The van der Waals surface area contributed by atoms with Gasteiger partial charge in [-0.2, -0.15) is 0 Å². The Bertz CT molecular complexity index is 372. The topological polar surface area (TPSA) is 41.1 Å². The minimum absolute atomic E-state index is 0.107. The van der Waals surface area contributed by atoms with E-state index < -0.39 is 0 Å². The third kappa shape index (κ3) is 3.35. The lowest BCUT2D eigenvalue weighted by Crippen LogP contribution is -2.34. The molecule has 1 saturated carbocycles. The van der Waals surface area contributed by atoms with Gasteiger partial charge in [-0.15, -0.1) is 0 Å². The fourth-order valence-corrected chi connectivity index (χ4v) is 1.63. The highest BCUT2D eigenvalue weighted by Crippen LogP contribution is 2.18. The minimum atomic E-state index is 0.107. The number of aryl methyl sites for hydroxylation is 1. The van der Waals surface area contributed by atoms with E-state index in [4.69, 9.17) is 0 Å². The van der Waals surface area contributed by atoms with Crippen LogP contribution in [0.5, 0.6) is 0 Å². The number of nitrogens with one attached hydrogen (secondary N) is 2. The summed E-state index contributed by atoms with van der Waals surface area (Å²) >= 11 is 0. The second kappa shape index (κ2) is 5.12. The highest BCUT2D eigenvalue weighted by Gasteiger charge is 2.22. The van der Waals surface area contributed by atoms with E-state index in [1.165, 1.54) is 11.1 Å². The van der Waals surface area contributed by atoms with Gasteiger partial charge in [0, 0.05) is 12.6 Å². The molecule has 3 heteroatoms. The Kier molecular flexibility index (Phi) is 3.57. The first-order valence-corrected chi connectivity index (χ1v) is 5.80. The van der Waals surface area contributed by atoms with Crippen LogP contribution in [0.25, 0.3) is 0 Å². The van der Waals surface area contributed by atoms with E-state index in [0.717, 1.165) is 19.4 Å². The largest absolute Gasteiger partial charge is 0.352 e. The molecule has 2 N–H and O–H groups in total. The van der Waals surface area contributed by atoms with E-state index in [-0.39, 0.29) is 5.91 Å². The summed E-state index contributed by atoms with van der Waals surface area (Å²) in [5.74, 6) is 0.107. The number of hydrogen-bond donors (Lipinski definition) is 2. The summed E-state index contributed by atoms with van der Waals surface area (Å²) in [6.45, 7) is 3.25. The predicted octanol–water partition coefficient (Wildman–Crippen LogP) is 1.36. The Labute approximate surface area is 96.2 Å². The first-order chi connectivity index (χ1) is 7.75. The van der Waals surface area contributed by atoms with Crippen LogP contribution >= 0.6 is 0 Å². The van der Waals surface area contributed by atoms with E-state index >= 15 is 0 Å². The molecule has 86 valence electrons. The van der Waals surface area contributed by atoms with Crippen LogP contribution in [0.15, 0.2) is 24.3 Å². The van der Waals surface area contributed by atoms with Crippen LogP contribution in [0, 0.1) is 6.92 Å². The molecule has 0 radical (unpaired) electrons. The van der Waals surface area contributed by atoms with Gasteiger partial charge in [-0.1, -0.05) is 24.3 Å². The maximum atomic E-state index is 11.4. The summed E-state index contributed by atoms with van der Waals surface area (Å²) in [5.41, 5.74) is 2.51. The number of carbonyl (C=O) groups is 1. The third-order valence-corrected chi connectivity index (χ3v) is 2.80. The molecule has 0 saturated heterocycles. The number of rotatable bonds is 5. The summed E-state index contributed by atoms with van der Waals surface area (Å²) in [5, 5.41) is 6.12. The van der Waals surface area contributed by atoms with E-state index in [2.05, 4.69) is 29.7 Å². The lowest BCUT2D eigenvalue weighted by molar-refractivity contribution is -0.120. The van der Waals surface area contributed by atoms with Gasteiger partial charge in [-0.05, 0) is 30.9 Å². The van der Waals surface area contributed by atoms with Crippen LogP contribution in [0.3, 0.4) is 0 Å². The van der Waals surface area contributed by atoms with Gasteiger partial charge in [0.25, 0.3) is 0 Å². The Morgan fingerprint density at radius 3 is 2.81 bits per heavy atom. The van der Waals surface area contributed by atoms with Crippen molar-refractivity contribution >= 4 is 5.91 Å². The maximum Gasteiger partial charge on any atom is 0.234 e. The Hall–Kier alpha value is -1.35. The van der Waals surface area contributed by atoms with Crippen LogP contribution in [0.4, 0.5) is 0 Å². The highest BCUT2D eigenvalue weighted by atomic mass is 16.2. The van der Waals surface area contributed by atoms with Crippen molar-refractivity contribution in [2.45, 2.75) is 32.4 Å². The zero-order chi connectivity index (χ0) is 11.4. The van der Waals surface area contributed by atoms with Crippen molar-refractivity contribution in [3.63, 3.8) is 0 Å². The Morgan fingerprint density at radius 2 is 2.12 bits per heavy atom. The van der Waals surface area contributed by atoms with Crippen LogP contribution in [0.2, 0.25) is 0 Å². The zero-order valence-corrected chi connectivity index (χ0v) is 9.62. The molecule has 1 fully saturated rings. The molecule has 2 rings (SSSR count). The summed E-state index contributed by atoms with van der Waals surface area (Å²) in [6.07, 6.45) is 2.28. The summed E-state index contributed by atoms with van der Waals surface area (Å²) in [4.78, 5) is 11.4. The average molecular weight is 218 g/mol. The van der Waals surface area contributed by atoms with E-state index in [0.29, 0.717) is 12.6 Å². The molecule has 0 atom stereocenters. The normalized spacial score (nSPS) is 14.8. The van der Waals surface area contributed by atoms with Gasteiger partial charge in [0.1, 0.15) is 0 Å². The van der Waals surface area contributed by atoms with Gasteiger partial charge >= 0.3 is 0 Å². The van der Waals surface area contributed by atoms with Crippen molar-refractivity contribution in [1.29, 1.82) is 0 Å². The van der Waals surface area contributed by atoms with Gasteiger partial charge in [0.15, 0.2) is 0 Å². The molecule has 1 aromatic carbocycles. The average Bonchev–Trinajstić information content (AvgIpc) is 3.05. The van der Waals surface area contributed by atoms with E-state index in [1.807, 2.05) is 12.1 Å². The van der Waals surface area contributed by atoms with Gasteiger partial charge in [0.05, 0.1) is 6.54 Å². The van der Waals surface area contributed by atoms with Crippen molar-refractivity contribution in [1.82, 2.24) is 10.6 Å². The Balaban J connectivity index is 1.70. The SMILES string of the molecule is Cc1ccccc1CNCC(=O)NC1CC1. The summed E-state index contributed by atoms with van der Waals surface area (Å²) < 4.78 is 0. The molecule has 1 aromatic rings. The van der Waals surface area contributed by atoms with Gasteiger partial charge in [-0.25, -0.2) is 0 Å². The smallest absolute Gasteiger partial charge is 0.234 e. The lowest BCUT2D eigenvalue weighted by atomic mass is 10.1. The van der Waals surface area contributed by atoms with Crippen LogP contribution in [0.1, 0.15) is 24.0 Å². The van der Waals surface area contributed by atoms with Gasteiger partial charge in [-0.3, -0.25) is 4.79 Å².